The van der Waals surface area contributed by atoms with E-state index >= 15 is 0 Å². The number of nitrogens with zero attached hydrogens (tertiary/aromatic N) is 1. The number of aromatic nitrogens is 1. The molecule has 0 aliphatic rings. The molecule has 3 rings (SSSR count). The summed E-state index contributed by atoms with van der Waals surface area (Å²) in [6.45, 7) is 2.34. The van der Waals surface area contributed by atoms with Gasteiger partial charge in [0, 0.05) is 24.0 Å². The van der Waals surface area contributed by atoms with E-state index in [-0.39, 0.29) is 18.4 Å². The molecule has 1 amide bonds. The fraction of sp³-hybridized carbons (Fsp3) is 0.238. The lowest BCUT2D eigenvalue weighted by Gasteiger charge is -2.25. The van der Waals surface area contributed by atoms with E-state index < -0.39 is 5.92 Å². The van der Waals surface area contributed by atoms with Gasteiger partial charge in [-0.25, -0.2) is 0 Å². The van der Waals surface area contributed by atoms with Crippen molar-refractivity contribution in [3.05, 3.63) is 70.9 Å². The molecule has 1 N–H and O–H groups in total. The summed E-state index contributed by atoms with van der Waals surface area (Å²) in [5, 5.41) is 1.18. The van der Waals surface area contributed by atoms with Gasteiger partial charge in [-0.1, -0.05) is 67.1 Å². The van der Waals surface area contributed by atoms with Gasteiger partial charge in [-0.2, -0.15) is 0 Å². The highest BCUT2D eigenvalue weighted by Gasteiger charge is 2.26. The van der Waals surface area contributed by atoms with Crippen LogP contribution in [0.3, 0.4) is 0 Å². The van der Waals surface area contributed by atoms with E-state index in [4.69, 9.17) is 16.3 Å². The predicted octanol–water partition coefficient (Wildman–Crippen LogP) is 4.27. The van der Waals surface area contributed by atoms with Crippen LogP contribution in [0.15, 0.2) is 54.6 Å². The molecule has 1 heterocycles. The lowest BCUT2D eigenvalue weighted by molar-refractivity contribution is -0.145. The number of H-pyrrole nitrogens is 1. The number of carbonyl (C=O) groups excluding carboxylic acids is 2. The van der Waals surface area contributed by atoms with E-state index in [1.807, 2.05) is 54.6 Å². The average molecular weight is 385 g/mol. The Bertz CT molecular complexity index is 952. The summed E-state index contributed by atoms with van der Waals surface area (Å²) in [7, 11) is 1.34. The number of amides is 1. The molecule has 0 saturated heterocycles. The number of fused-ring (bicyclic) bond motifs is 1. The molecule has 2 aromatic carbocycles. The fourth-order valence-electron chi connectivity index (χ4n) is 3.04. The molecule has 0 fully saturated rings. The van der Waals surface area contributed by atoms with Gasteiger partial charge in [0.15, 0.2) is 0 Å². The number of benzene rings is 2. The summed E-state index contributed by atoms with van der Waals surface area (Å²) in [6.07, 6.45) is 0. The molecule has 1 aromatic heterocycles. The third-order valence-corrected chi connectivity index (χ3v) is 4.85. The van der Waals surface area contributed by atoms with Gasteiger partial charge in [-0.15, -0.1) is 0 Å². The van der Waals surface area contributed by atoms with Gasteiger partial charge in [0.1, 0.15) is 5.69 Å². The number of aromatic amines is 1. The van der Waals surface area contributed by atoms with Crippen LogP contribution in [0.5, 0.6) is 0 Å². The van der Waals surface area contributed by atoms with Gasteiger partial charge in [-0.05, 0) is 11.6 Å². The SMILES string of the molecule is COC(=O)C(C)CN(Cc1ccccc1)C(=O)c1[nH]c2ccccc2c1Cl. The number of hydrogen-bond donors (Lipinski definition) is 1. The Morgan fingerprint density at radius 2 is 1.78 bits per heavy atom. The minimum atomic E-state index is -0.453. The maximum Gasteiger partial charge on any atom is 0.310 e. The molecule has 1 unspecified atom stereocenters. The molecule has 0 saturated carbocycles. The predicted molar refractivity (Wildman–Crippen MR) is 106 cm³/mol. The number of para-hydroxylation sites is 1. The van der Waals surface area contributed by atoms with Crippen molar-refractivity contribution < 1.29 is 14.3 Å². The Balaban J connectivity index is 1.93. The van der Waals surface area contributed by atoms with Gasteiger partial charge in [0.05, 0.1) is 18.1 Å². The Kier molecular flexibility index (Phi) is 5.81. The monoisotopic (exact) mass is 384 g/mol. The number of esters is 1. The second-order valence-electron chi connectivity index (χ2n) is 6.46. The van der Waals surface area contributed by atoms with Crippen LogP contribution in [0, 0.1) is 5.92 Å². The first-order valence-electron chi connectivity index (χ1n) is 8.68. The second kappa shape index (κ2) is 8.27. The van der Waals surface area contributed by atoms with Crippen molar-refractivity contribution in [3.63, 3.8) is 0 Å². The molecule has 5 nitrogen and oxygen atoms in total. The van der Waals surface area contributed by atoms with Crippen molar-refractivity contribution in [2.75, 3.05) is 13.7 Å². The highest BCUT2D eigenvalue weighted by atomic mass is 35.5. The number of methoxy groups -OCH3 is 1. The number of hydrogen-bond acceptors (Lipinski definition) is 3. The third-order valence-electron chi connectivity index (χ3n) is 4.46. The number of carbonyl (C=O) groups is 2. The van der Waals surface area contributed by atoms with Crippen molar-refractivity contribution in [2.24, 2.45) is 5.92 Å². The topological polar surface area (TPSA) is 62.4 Å². The molecule has 1 atom stereocenters. The standard InChI is InChI=1S/C21H21ClN2O3/c1-14(21(26)27-2)12-24(13-15-8-4-3-5-9-15)20(25)19-18(22)16-10-6-7-11-17(16)23-19/h3-11,14,23H,12-13H2,1-2H3. The van der Waals surface area contributed by atoms with Gasteiger partial charge >= 0.3 is 5.97 Å². The molecule has 0 aliphatic heterocycles. The van der Waals surface area contributed by atoms with E-state index in [9.17, 15) is 9.59 Å². The Morgan fingerprint density at radius 3 is 2.44 bits per heavy atom. The van der Waals surface area contributed by atoms with E-state index in [1.165, 1.54) is 7.11 Å². The largest absolute Gasteiger partial charge is 0.469 e. The number of halogens is 1. The van der Waals surface area contributed by atoms with Crippen LogP contribution in [-0.4, -0.2) is 35.4 Å². The van der Waals surface area contributed by atoms with Crippen LogP contribution >= 0.6 is 11.6 Å². The highest BCUT2D eigenvalue weighted by molar-refractivity contribution is 6.38. The maximum atomic E-state index is 13.2. The van der Waals surface area contributed by atoms with Crippen molar-refractivity contribution in [2.45, 2.75) is 13.5 Å². The van der Waals surface area contributed by atoms with Gasteiger partial charge in [0.2, 0.25) is 0 Å². The van der Waals surface area contributed by atoms with E-state index in [0.29, 0.717) is 17.3 Å². The molecule has 0 bridgehead atoms. The van der Waals surface area contributed by atoms with E-state index in [2.05, 4.69) is 4.98 Å². The molecule has 0 aliphatic carbocycles. The summed E-state index contributed by atoms with van der Waals surface area (Å²) in [5.41, 5.74) is 2.09. The van der Waals surface area contributed by atoms with Crippen LogP contribution in [0.1, 0.15) is 23.0 Å². The number of nitrogens with one attached hydrogen (secondary N) is 1. The van der Waals surface area contributed by atoms with Crippen LogP contribution in [0.2, 0.25) is 5.02 Å². The van der Waals surface area contributed by atoms with Crippen molar-refractivity contribution in [1.82, 2.24) is 9.88 Å². The van der Waals surface area contributed by atoms with Crippen LogP contribution in [-0.2, 0) is 16.1 Å². The van der Waals surface area contributed by atoms with Crippen LogP contribution in [0.4, 0.5) is 0 Å². The zero-order chi connectivity index (χ0) is 19.4. The molecule has 0 spiro atoms. The van der Waals surface area contributed by atoms with E-state index in [0.717, 1.165) is 16.5 Å². The summed E-state index contributed by atoms with van der Waals surface area (Å²) in [5.74, 6) is -1.06. The van der Waals surface area contributed by atoms with Gasteiger partial charge in [0.25, 0.3) is 5.91 Å². The van der Waals surface area contributed by atoms with Gasteiger partial charge in [-0.3, -0.25) is 9.59 Å². The normalized spacial score (nSPS) is 12.0. The lowest BCUT2D eigenvalue weighted by atomic mass is 10.1. The van der Waals surface area contributed by atoms with Crippen molar-refractivity contribution in [3.8, 4) is 0 Å². The molecule has 3 aromatic rings. The summed E-state index contributed by atoms with van der Waals surface area (Å²) in [4.78, 5) is 29.8. The zero-order valence-corrected chi connectivity index (χ0v) is 16.0. The minimum Gasteiger partial charge on any atom is -0.469 e. The fourth-order valence-corrected chi connectivity index (χ4v) is 3.34. The Labute approximate surface area is 162 Å². The van der Waals surface area contributed by atoms with Gasteiger partial charge < -0.3 is 14.6 Å². The third kappa shape index (κ3) is 4.14. The molecule has 140 valence electrons. The summed E-state index contributed by atoms with van der Waals surface area (Å²) >= 11 is 6.46. The molecule has 6 heteroatoms. The molecule has 27 heavy (non-hydrogen) atoms. The smallest absolute Gasteiger partial charge is 0.310 e. The molecular weight excluding hydrogens is 364 g/mol. The Hall–Kier alpha value is -2.79. The lowest BCUT2D eigenvalue weighted by Crippen LogP contribution is -2.37. The maximum absolute atomic E-state index is 13.2. The molecule has 0 radical (unpaired) electrons. The first-order valence-corrected chi connectivity index (χ1v) is 9.06. The first-order chi connectivity index (χ1) is 13.0. The highest BCUT2D eigenvalue weighted by Crippen LogP contribution is 2.28. The molecular formula is C21H21ClN2O3. The number of rotatable bonds is 6. The first kappa shape index (κ1) is 19.0. The van der Waals surface area contributed by atoms with Crippen LogP contribution in [0.25, 0.3) is 10.9 Å². The summed E-state index contributed by atoms with van der Waals surface area (Å²) in [6, 6.07) is 17.1. The summed E-state index contributed by atoms with van der Waals surface area (Å²) < 4.78 is 4.81. The van der Waals surface area contributed by atoms with Crippen molar-refractivity contribution >= 4 is 34.4 Å². The van der Waals surface area contributed by atoms with E-state index in [1.54, 1.807) is 11.8 Å². The quantitative estimate of drug-likeness (QED) is 0.645. The zero-order valence-electron chi connectivity index (χ0n) is 15.2. The Morgan fingerprint density at radius 1 is 1.11 bits per heavy atom. The van der Waals surface area contributed by atoms with Crippen molar-refractivity contribution in [1.29, 1.82) is 0 Å². The second-order valence-corrected chi connectivity index (χ2v) is 6.83. The minimum absolute atomic E-state index is 0.228. The van der Waals surface area contributed by atoms with Crippen LogP contribution < -0.4 is 0 Å². The number of ether oxygens (including phenoxy) is 1. The average Bonchev–Trinajstić information content (AvgIpc) is 3.04.